The number of halogens is 1. The first kappa shape index (κ1) is 15.7. The molecule has 1 N–H and O–H groups in total. The molecule has 0 fully saturated rings. The van der Waals surface area contributed by atoms with Crippen molar-refractivity contribution in [1.82, 2.24) is 14.7 Å². The zero-order chi connectivity index (χ0) is 13.9. The highest BCUT2D eigenvalue weighted by Crippen LogP contribution is 2.38. The van der Waals surface area contributed by atoms with Gasteiger partial charge >= 0.3 is 0 Å². The van der Waals surface area contributed by atoms with Gasteiger partial charge in [-0.05, 0) is 41.9 Å². The Labute approximate surface area is 118 Å². The average Bonchev–Trinajstić information content (AvgIpc) is 2.66. The van der Waals surface area contributed by atoms with Gasteiger partial charge in [0.2, 0.25) is 0 Å². The molecule has 1 aromatic rings. The summed E-state index contributed by atoms with van der Waals surface area (Å²) in [5.41, 5.74) is 0.724. The smallest absolute Gasteiger partial charge is 0.102 e. The van der Waals surface area contributed by atoms with E-state index in [2.05, 4.69) is 46.7 Å². The zero-order valence-electron chi connectivity index (χ0n) is 11.9. The predicted octanol–water partition coefficient (Wildman–Crippen LogP) is 2.68. The molecule has 0 radical (unpaired) electrons. The van der Waals surface area contributed by atoms with Crippen LogP contribution in [0.5, 0.6) is 0 Å². The van der Waals surface area contributed by atoms with Crippen molar-refractivity contribution in [3.63, 3.8) is 0 Å². The first-order chi connectivity index (χ1) is 8.29. The number of aromatic nitrogens is 2. The number of rotatable bonds is 6. The van der Waals surface area contributed by atoms with Gasteiger partial charge in [-0.2, -0.15) is 5.10 Å². The van der Waals surface area contributed by atoms with E-state index in [9.17, 15) is 5.11 Å². The molecule has 4 nitrogen and oxygen atoms in total. The molecule has 1 unspecified atom stereocenters. The highest BCUT2D eigenvalue weighted by molar-refractivity contribution is 9.10. The minimum Gasteiger partial charge on any atom is -0.386 e. The van der Waals surface area contributed by atoms with Crippen molar-refractivity contribution >= 4 is 15.9 Å². The Morgan fingerprint density at radius 2 is 2.11 bits per heavy atom. The van der Waals surface area contributed by atoms with E-state index in [0.29, 0.717) is 0 Å². The van der Waals surface area contributed by atoms with Crippen LogP contribution in [0.2, 0.25) is 0 Å². The Morgan fingerprint density at radius 3 is 2.61 bits per heavy atom. The second kappa shape index (κ2) is 6.17. The molecule has 0 aromatic carbocycles. The predicted molar refractivity (Wildman–Crippen MR) is 77.5 cm³/mol. The fourth-order valence-electron chi connectivity index (χ4n) is 1.68. The molecular formula is C13H24BrN3O. The molecule has 18 heavy (non-hydrogen) atoms. The van der Waals surface area contributed by atoms with Crippen LogP contribution >= 0.6 is 15.9 Å². The maximum Gasteiger partial charge on any atom is 0.102 e. The van der Waals surface area contributed by atoms with Crippen molar-refractivity contribution in [3.05, 3.63) is 16.4 Å². The number of aliphatic hydroxyl groups is 1. The minimum absolute atomic E-state index is 0.154. The van der Waals surface area contributed by atoms with Gasteiger partial charge in [-0.25, -0.2) is 0 Å². The Bertz CT molecular complexity index is 388. The van der Waals surface area contributed by atoms with Gasteiger partial charge in [-0.1, -0.05) is 20.8 Å². The lowest BCUT2D eigenvalue weighted by atomic mass is 9.82. The molecule has 104 valence electrons. The molecular weight excluding hydrogens is 294 g/mol. The lowest BCUT2D eigenvalue weighted by Gasteiger charge is -2.30. The van der Waals surface area contributed by atoms with Gasteiger partial charge < -0.3 is 10.0 Å². The number of hydrogen-bond acceptors (Lipinski definition) is 3. The Hall–Kier alpha value is -0.390. The van der Waals surface area contributed by atoms with E-state index in [1.807, 2.05) is 18.8 Å². The van der Waals surface area contributed by atoms with Crippen LogP contribution in [0.25, 0.3) is 0 Å². The summed E-state index contributed by atoms with van der Waals surface area (Å²) in [5.74, 6) is 0. The minimum atomic E-state index is -0.512. The van der Waals surface area contributed by atoms with Gasteiger partial charge in [0.25, 0.3) is 0 Å². The Kier molecular flexibility index (Phi) is 5.37. The number of aliphatic hydroxyl groups excluding tert-OH is 1. The van der Waals surface area contributed by atoms with Crippen molar-refractivity contribution in [2.75, 3.05) is 20.6 Å². The molecule has 0 aliphatic rings. The van der Waals surface area contributed by atoms with Gasteiger partial charge in [0.05, 0.1) is 22.9 Å². The van der Waals surface area contributed by atoms with E-state index in [-0.39, 0.29) is 5.41 Å². The fourth-order valence-corrected chi connectivity index (χ4v) is 2.19. The van der Waals surface area contributed by atoms with Crippen molar-refractivity contribution in [2.45, 2.75) is 39.8 Å². The second-order valence-corrected chi connectivity index (χ2v) is 6.50. The van der Waals surface area contributed by atoms with E-state index < -0.39 is 6.10 Å². The zero-order valence-corrected chi connectivity index (χ0v) is 13.5. The van der Waals surface area contributed by atoms with Crippen LogP contribution in [0.15, 0.2) is 10.7 Å². The fraction of sp³-hybridized carbons (Fsp3) is 0.769. The first-order valence-electron chi connectivity index (χ1n) is 6.33. The maximum atomic E-state index is 10.6. The van der Waals surface area contributed by atoms with Gasteiger partial charge in [0, 0.05) is 6.54 Å². The molecule has 0 saturated carbocycles. The summed E-state index contributed by atoms with van der Waals surface area (Å²) >= 11 is 3.49. The standard InChI is InChI=1S/C13H24BrN3O/c1-6-13(2,3)12(18)11-10(14)9-15-17(11)8-7-16(4)5/h9,12,18H,6-8H2,1-5H3. The van der Waals surface area contributed by atoms with E-state index in [1.54, 1.807) is 6.20 Å². The third kappa shape index (κ3) is 3.56. The molecule has 0 amide bonds. The van der Waals surface area contributed by atoms with Crippen molar-refractivity contribution < 1.29 is 5.11 Å². The third-order valence-electron chi connectivity index (χ3n) is 3.50. The maximum absolute atomic E-state index is 10.6. The first-order valence-corrected chi connectivity index (χ1v) is 7.13. The highest BCUT2D eigenvalue weighted by Gasteiger charge is 2.31. The molecule has 5 heteroatoms. The van der Waals surface area contributed by atoms with Crippen molar-refractivity contribution in [3.8, 4) is 0 Å². The number of likely N-dealkylation sites (N-methyl/N-ethyl adjacent to an activating group) is 1. The van der Waals surface area contributed by atoms with Crippen LogP contribution in [-0.4, -0.2) is 40.4 Å². The van der Waals surface area contributed by atoms with Crippen LogP contribution in [0, 0.1) is 5.41 Å². The van der Waals surface area contributed by atoms with Crippen LogP contribution in [0.1, 0.15) is 39.0 Å². The molecule has 0 aliphatic carbocycles. The monoisotopic (exact) mass is 317 g/mol. The number of hydrogen-bond donors (Lipinski definition) is 1. The summed E-state index contributed by atoms with van der Waals surface area (Å²) < 4.78 is 2.78. The summed E-state index contributed by atoms with van der Waals surface area (Å²) in [7, 11) is 4.06. The summed E-state index contributed by atoms with van der Waals surface area (Å²) in [6, 6.07) is 0. The van der Waals surface area contributed by atoms with Crippen LogP contribution < -0.4 is 0 Å². The molecule has 0 spiro atoms. The van der Waals surface area contributed by atoms with E-state index in [4.69, 9.17) is 0 Å². The lowest BCUT2D eigenvalue weighted by Crippen LogP contribution is -2.26. The van der Waals surface area contributed by atoms with E-state index >= 15 is 0 Å². The summed E-state index contributed by atoms with van der Waals surface area (Å²) in [5, 5.41) is 14.9. The van der Waals surface area contributed by atoms with Crippen LogP contribution in [-0.2, 0) is 6.54 Å². The number of nitrogens with zero attached hydrogens (tertiary/aromatic N) is 3. The Morgan fingerprint density at radius 1 is 1.50 bits per heavy atom. The normalized spacial score (nSPS) is 14.2. The van der Waals surface area contributed by atoms with Crippen LogP contribution in [0.3, 0.4) is 0 Å². The van der Waals surface area contributed by atoms with Crippen molar-refractivity contribution in [2.24, 2.45) is 5.41 Å². The molecule has 1 rings (SSSR count). The molecule has 1 aromatic heterocycles. The highest BCUT2D eigenvalue weighted by atomic mass is 79.9. The van der Waals surface area contributed by atoms with Crippen LogP contribution in [0.4, 0.5) is 0 Å². The lowest BCUT2D eigenvalue weighted by molar-refractivity contribution is 0.0381. The van der Waals surface area contributed by atoms with Gasteiger partial charge in [0.1, 0.15) is 6.10 Å². The molecule has 0 bridgehead atoms. The van der Waals surface area contributed by atoms with Crippen molar-refractivity contribution in [1.29, 1.82) is 0 Å². The summed E-state index contributed by atoms with van der Waals surface area (Å²) in [4.78, 5) is 2.11. The second-order valence-electron chi connectivity index (χ2n) is 5.65. The van der Waals surface area contributed by atoms with Gasteiger partial charge in [0.15, 0.2) is 0 Å². The quantitative estimate of drug-likeness (QED) is 0.877. The SMILES string of the molecule is CCC(C)(C)C(O)c1c(Br)cnn1CCN(C)C. The Balaban J connectivity index is 2.97. The topological polar surface area (TPSA) is 41.3 Å². The molecule has 0 saturated heterocycles. The molecule has 0 aliphatic heterocycles. The summed E-state index contributed by atoms with van der Waals surface area (Å²) in [6.45, 7) is 7.93. The van der Waals surface area contributed by atoms with E-state index in [1.165, 1.54) is 0 Å². The van der Waals surface area contributed by atoms with Gasteiger partial charge in [-0.15, -0.1) is 0 Å². The van der Waals surface area contributed by atoms with E-state index in [0.717, 1.165) is 29.7 Å². The third-order valence-corrected chi connectivity index (χ3v) is 4.11. The molecule has 1 atom stereocenters. The van der Waals surface area contributed by atoms with Gasteiger partial charge in [-0.3, -0.25) is 4.68 Å². The summed E-state index contributed by atoms with van der Waals surface area (Å²) in [6.07, 6.45) is 2.17. The largest absolute Gasteiger partial charge is 0.386 e. The molecule has 1 heterocycles. The average molecular weight is 318 g/mol.